The van der Waals surface area contributed by atoms with E-state index in [1.807, 2.05) is 4.90 Å². The molecule has 1 amide bonds. The number of carbonyl (C=O) groups is 1. The van der Waals surface area contributed by atoms with Gasteiger partial charge in [0.05, 0.1) is 25.4 Å². The average molecular weight is 268 g/mol. The molecule has 3 aliphatic rings. The predicted molar refractivity (Wildman–Crippen MR) is 70.9 cm³/mol. The molecule has 3 aliphatic heterocycles. The largest absolute Gasteiger partial charge is 0.378 e. The van der Waals surface area contributed by atoms with Crippen molar-refractivity contribution in [1.29, 1.82) is 0 Å². The molecule has 0 aliphatic carbocycles. The first-order valence-electron chi connectivity index (χ1n) is 7.48. The minimum Gasteiger partial charge on any atom is -0.378 e. The van der Waals surface area contributed by atoms with Crippen molar-refractivity contribution in [3.05, 3.63) is 0 Å². The number of morpholine rings is 1. The highest BCUT2D eigenvalue weighted by Crippen LogP contribution is 2.38. The minimum absolute atomic E-state index is 0.0706. The van der Waals surface area contributed by atoms with Crippen LogP contribution in [0.15, 0.2) is 0 Å². The Hall–Kier alpha value is -0.650. The van der Waals surface area contributed by atoms with Gasteiger partial charge in [-0.3, -0.25) is 4.79 Å². The SMILES string of the molecule is O=C(CC1COC2(CCNCC2)C1)N1CCOCC1. The highest BCUT2D eigenvalue weighted by atomic mass is 16.5. The Labute approximate surface area is 114 Å². The van der Waals surface area contributed by atoms with Gasteiger partial charge < -0.3 is 19.7 Å². The van der Waals surface area contributed by atoms with Crippen molar-refractivity contribution < 1.29 is 14.3 Å². The highest BCUT2D eigenvalue weighted by molar-refractivity contribution is 5.76. The van der Waals surface area contributed by atoms with Crippen LogP contribution in [0.3, 0.4) is 0 Å². The summed E-state index contributed by atoms with van der Waals surface area (Å²) in [6.07, 6.45) is 3.89. The summed E-state index contributed by atoms with van der Waals surface area (Å²) in [5, 5.41) is 3.37. The lowest BCUT2D eigenvalue weighted by Crippen LogP contribution is -2.42. The number of carbonyl (C=O) groups excluding carboxylic acids is 1. The zero-order valence-corrected chi connectivity index (χ0v) is 11.5. The zero-order chi connectivity index (χ0) is 13.1. The molecule has 19 heavy (non-hydrogen) atoms. The van der Waals surface area contributed by atoms with E-state index in [0.29, 0.717) is 25.6 Å². The third-order valence-electron chi connectivity index (χ3n) is 4.63. The summed E-state index contributed by atoms with van der Waals surface area (Å²) < 4.78 is 11.3. The Balaban J connectivity index is 1.49. The third-order valence-corrected chi connectivity index (χ3v) is 4.63. The van der Waals surface area contributed by atoms with Gasteiger partial charge in [-0.2, -0.15) is 0 Å². The summed E-state index contributed by atoms with van der Waals surface area (Å²) in [6, 6.07) is 0. The maximum atomic E-state index is 12.2. The second-order valence-electron chi connectivity index (χ2n) is 6.01. The first-order valence-corrected chi connectivity index (χ1v) is 7.48. The molecular weight excluding hydrogens is 244 g/mol. The first kappa shape index (κ1) is 13.3. The molecule has 3 fully saturated rings. The van der Waals surface area contributed by atoms with Crippen molar-refractivity contribution in [2.24, 2.45) is 5.92 Å². The Morgan fingerprint density at radius 3 is 2.74 bits per heavy atom. The highest BCUT2D eigenvalue weighted by Gasteiger charge is 2.41. The second-order valence-corrected chi connectivity index (χ2v) is 6.01. The van der Waals surface area contributed by atoms with Gasteiger partial charge in [-0.15, -0.1) is 0 Å². The molecule has 3 saturated heterocycles. The molecule has 1 unspecified atom stereocenters. The standard InChI is InChI=1S/C14H24N2O3/c17-13(16-5-7-18-8-6-16)9-12-10-14(19-11-12)1-3-15-4-2-14/h12,15H,1-11H2. The van der Waals surface area contributed by atoms with E-state index in [1.54, 1.807) is 0 Å². The Morgan fingerprint density at radius 2 is 2.00 bits per heavy atom. The van der Waals surface area contributed by atoms with E-state index in [0.717, 1.165) is 52.0 Å². The van der Waals surface area contributed by atoms with Gasteiger partial charge in [0, 0.05) is 19.5 Å². The van der Waals surface area contributed by atoms with Crippen molar-refractivity contribution in [3.63, 3.8) is 0 Å². The molecule has 0 bridgehead atoms. The molecule has 5 heteroatoms. The fraction of sp³-hybridized carbons (Fsp3) is 0.929. The lowest BCUT2D eigenvalue weighted by atomic mass is 9.85. The molecule has 0 radical (unpaired) electrons. The first-order chi connectivity index (χ1) is 9.27. The summed E-state index contributed by atoms with van der Waals surface area (Å²) in [7, 11) is 0. The summed E-state index contributed by atoms with van der Waals surface area (Å²) in [5.74, 6) is 0.691. The van der Waals surface area contributed by atoms with E-state index in [9.17, 15) is 4.79 Å². The smallest absolute Gasteiger partial charge is 0.223 e. The van der Waals surface area contributed by atoms with Gasteiger partial charge in [0.2, 0.25) is 5.91 Å². The minimum atomic E-state index is 0.0706. The summed E-state index contributed by atoms with van der Waals surface area (Å²) >= 11 is 0. The lowest BCUT2D eigenvalue weighted by molar-refractivity contribution is -0.136. The van der Waals surface area contributed by atoms with Crippen LogP contribution in [-0.4, -0.2) is 62.4 Å². The third kappa shape index (κ3) is 3.09. The summed E-state index contributed by atoms with van der Waals surface area (Å²) in [6.45, 7) is 5.72. The molecule has 5 nitrogen and oxygen atoms in total. The van der Waals surface area contributed by atoms with Gasteiger partial charge in [0.15, 0.2) is 0 Å². The quantitative estimate of drug-likeness (QED) is 0.787. The number of nitrogens with one attached hydrogen (secondary N) is 1. The van der Waals surface area contributed by atoms with Crippen LogP contribution in [0.25, 0.3) is 0 Å². The molecule has 0 aromatic heterocycles. The van der Waals surface area contributed by atoms with Crippen LogP contribution in [0.4, 0.5) is 0 Å². The van der Waals surface area contributed by atoms with Crippen molar-refractivity contribution in [3.8, 4) is 0 Å². The van der Waals surface area contributed by atoms with E-state index >= 15 is 0 Å². The van der Waals surface area contributed by atoms with Crippen LogP contribution in [0, 0.1) is 5.92 Å². The van der Waals surface area contributed by atoms with Crippen molar-refractivity contribution in [2.75, 3.05) is 46.0 Å². The van der Waals surface area contributed by atoms with E-state index in [2.05, 4.69) is 5.32 Å². The molecular formula is C14H24N2O3. The molecule has 0 saturated carbocycles. The van der Waals surface area contributed by atoms with Crippen LogP contribution in [-0.2, 0) is 14.3 Å². The summed E-state index contributed by atoms with van der Waals surface area (Å²) in [5.41, 5.74) is 0.0706. The van der Waals surface area contributed by atoms with Crippen LogP contribution < -0.4 is 5.32 Å². The second kappa shape index (κ2) is 5.77. The Morgan fingerprint density at radius 1 is 1.26 bits per heavy atom. The van der Waals surface area contributed by atoms with Gasteiger partial charge in [-0.1, -0.05) is 0 Å². The van der Waals surface area contributed by atoms with Gasteiger partial charge in [0.25, 0.3) is 0 Å². The Bertz CT molecular complexity index is 323. The number of rotatable bonds is 2. The normalized spacial score (nSPS) is 30.7. The zero-order valence-electron chi connectivity index (χ0n) is 11.5. The number of ether oxygens (including phenoxy) is 2. The van der Waals surface area contributed by atoms with E-state index < -0.39 is 0 Å². The molecule has 108 valence electrons. The van der Waals surface area contributed by atoms with Crippen molar-refractivity contribution >= 4 is 5.91 Å². The molecule has 0 aromatic rings. The molecule has 1 spiro atoms. The Kier molecular flexibility index (Phi) is 4.05. The summed E-state index contributed by atoms with van der Waals surface area (Å²) in [4.78, 5) is 14.2. The fourth-order valence-electron chi connectivity index (χ4n) is 3.49. The van der Waals surface area contributed by atoms with E-state index in [1.165, 1.54) is 0 Å². The van der Waals surface area contributed by atoms with Crippen LogP contribution >= 0.6 is 0 Å². The average Bonchev–Trinajstić information content (AvgIpc) is 2.83. The van der Waals surface area contributed by atoms with Gasteiger partial charge in [-0.25, -0.2) is 0 Å². The van der Waals surface area contributed by atoms with Crippen molar-refractivity contribution in [2.45, 2.75) is 31.3 Å². The van der Waals surface area contributed by atoms with E-state index in [4.69, 9.17) is 9.47 Å². The fourth-order valence-corrected chi connectivity index (χ4v) is 3.49. The molecule has 3 heterocycles. The van der Waals surface area contributed by atoms with Gasteiger partial charge in [-0.05, 0) is 38.3 Å². The molecule has 1 atom stereocenters. The predicted octanol–water partition coefficient (Wildman–Crippen LogP) is 0.394. The number of nitrogens with zero attached hydrogens (tertiary/aromatic N) is 1. The maximum Gasteiger partial charge on any atom is 0.223 e. The van der Waals surface area contributed by atoms with Crippen LogP contribution in [0.5, 0.6) is 0 Å². The molecule has 1 N–H and O–H groups in total. The van der Waals surface area contributed by atoms with Crippen LogP contribution in [0.1, 0.15) is 25.7 Å². The van der Waals surface area contributed by atoms with Crippen molar-refractivity contribution in [1.82, 2.24) is 10.2 Å². The van der Waals surface area contributed by atoms with E-state index in [-0.39, 0.29) is 11.5 Å². The monoisotopic (exact) mass is 268 g/mol. The van der Waals surface area contributed by atoms with Gasteiger partial charge >= 0.3 is 0 Å². The molecule has 3 rings (SSSR count). The maximum absolute atomic E-state index is 12.2. The lowest BCUT2D eigenvalue weighted by Gasteiger charge is -2.33. The topological polar surface area (TPSA) is 50.8 Å². The molecule has 0 aromatic carbocycles. The number of hydrogen-bond acceptors (Lipinski definition) is 4. The van der Waals surface area contributed by atoms with Gasteiger partial charge in [0.1, 0.15) is 0 Å². The number of amides is 1. The van der Waals surface area contributed by atoms with Crippen LogP contribution in [0.2, 0.25) is 0 Å². The number of piperidine rings is 1. The number of hydrogen-bond donors (Lipinski definition) is 1.